The van der Waals surface area contributed by atoms with E-state index in [2.05, 4.69) is 145 Å². The van der Waals surface area contributed by atoms with Crippen molar-refractivity contribution in [3.8, 4) is 22.3 Å². The van der Waals surface area contributed by atoms with Gasteiger partial charge in [0.1, 0.15) is 34.0 Å². The Bertz CT molecular complexity index is 3500. The fourth-order valence-electron chi connectivity index (χ4n) is 8.88. The number of nitrogens with one attached hydrogen (secondary N) is 1. The van der Waals surface area contributed by atoms with E-state index in [0.717, 1.165) is 105 Å². The summed E-state index contributed by atoms with van der Waals surface area (Å²) in [6.45, 7) is 0. The third-order valence-electron chi connectivity index (χ3n) is 11.6. The van der Waals surface area contributed by atoms with Gasteiger partial charge in [-0.1, -0.05) is 164 Å². The van der Waals surface area contributed by atoms with Gasteiger partial charge in [0.05, 0.1) is 0 Å². The number of amidine groups is 2. The first-order chi connectivity index (χ1) is 28.7. The second-order valence-corrected chi connectivity index (χ2v) is 14.9. The van der Waals surface area contributed by atoms with Crippen LogP contribution in [0, 0.1) is 0 Å². The summed E-state index contributed by atoms with van der Waals surface area (Å²) in [5.74, 6) is 1.52. The zero-order valence-electron chi connectivity index (χ0n) is 31.2. The Morgan fingerprint density at radius 2 is 1.02 bits per heavy atom. The van der Waals surface area contributed by atoms with E-state index in [0.29, 0.717) is 0 Å². The van der Waals surface area contributed by atoms with Crippen molar-refractivity contribution < 1.29 is 8.83 Å². The van der Waals surface area contributed by atoms with E-state index in [1.54, 1.807) is 0 Å². The molecule has 272 valence electrons. The number of furan rings is 2. The SMILES string of the molecule is c1ccc(C2=NC(c3ccc(-c4cccc5oc6c(-c7ccc8ccccc8c7)cccc6c45)c4ccccc34)N=C(c3cccc4oc5ccccc5c34)N2)cc1. The molecule has 3 heterocycles. The van der Waals surface area contributed by atoms with E-state index in [4.69, 9.17) is 18.8 Å². The van der Waals surface area contributed by atoms with Crippen LogP contribution in [-0.4, -0.2) is 11.7 Å². The van der Waals surface area contributed by atoms with Crippen molar-refractivity contribution >= 4 is 77.1 Å². The van der Waals surface area contributed by atoms with Crippen LogP contribution in [0.15, 0.2) is 207 Å². The van der Waals surface area contributed by atoms with Gasteiger partial charge in [-0.2, -0.15) is 0 Å². The number of nitrogens with zero attached hydrogens (tertiary/aromatic N) is 2. The Morgan fingerprint density at radius 1 is 0.379 bits per heavy atom. The lowest BCUT2D eigenvalue weighted by atomic mass is 9.91. The third kappa shape index (κ3) is 5.10. The summed E-state index contributed by atoms with van der Waals surface area (Å²) in [4.78, 5) is 10.7. The smallest absolute Gasteiger partial charge is 0.170 e. The van der Waals surface area contributed by atoms with Crippen molar-refractivity contribution in [2.45, 2.75) is 6.17 Å². The van der Waals surface area contributed by atoms with Crippen LogP contribution < -0.4 is 5.32 Å². The van der Waals surface area contributed by atoms with E-state index in [1.807, 2.05) is 48.5 Å². The average Bonchev–Trinajstić information content (AvgIpc) is 3.88. The normalized spacial score (nSPS) is 14.4. The monoisotopic (exact) mass is 743 g/mol. The van der Waals surface area contributed by atoms with Gasteiger partial charge in [0.2, 0.25) is 0 Å². The molecule has 2 aromatic heterocycles. The lowest BCUT2D eigenvalue weighted by Crippen LogP contribution is -2.36. The van der Waals surface area contributed by atoms with Crippen LogP contribution in [0.1, 0.15) is 22.9 Å². The summed E-state index contributed by atoms with van der Waals surface area (Å²) >= 11 is 0. The van der Waals surface area contributed by atoms with Crippen LogP contribution in [-0.2, 0) is 0 Å². The molecule has 0 aliphatic carbocycles. The highest BCUT2D eigenvalue weighted by Crippen LogP contribution is 2.44. The molecule has 11 aromatic rings. The topological polar surface area (TPSA) is 63.0 Å². The van der Waals surface area contributed by atoms with Gasteiger partial charge in [0, 0.05) is 43.8 Å². The number of hydrogen-bond acceptors (Lipinski definition) is 5. The van der Waals surface area contributed by atoms with Crippen LogP contribution in [0.2, 0.25) is 0 Å². The molecule has 0 saturated carbocycles. The molecule has 1 aliphatic rings. The lowest BCUT2D eigenvalue weighted by Gasteiger charge is -2.24. The van der Waals surface area contributed by atoms with Crippen molar-refractivity contribution in [2.75, 3.05) is 0 Å². The molecule has 9 aromatic carbocycles. The minimum Gasteiger partial charge on any atom is -0.456 e. The van der Waals surface area contributed by atoms with E-state index < -0.39 is 6.17 Å². The molecule has 1 atom stereocenters. The third-order valence-corrected chi connectivity index (χ3v) is 11.6. The number of rotatable bonds is 5. The fraction of sp³-hybridized carbons (Fsp3) is 0.0189. The molecular formula is C53H33N3O2. The highest BCUT2D eigenvalue weighted by atomic mass is 16.3. The van der Waals surface area contributed by atoms with Crippen LogP contribution >= 0.6 is 0 Å². The molecule has 0 bridgehead atoms. The second-order valence-electron chi connectivity index (χ2n) is 14.9. The molecule has 1 unspecified atom stereocenters. The van der Waals surface area contributed by atoms with Crippen molar-refractivity contribution in [2.24, 2.45) is 9.98 Å². The van der Waals surface area contributed by atoms with Crippen LogP contribution in [0.3, 0.4) is 0 Å². The van der Waals surface area contributed by atoms with Crippen LogP contribution in [0.25, 0.3) is 87.7 Å². The number of hydrogen-bond donors (Lipinski definition) is 1. The van der Waals surface area contributed by atoms with E-state index in [1.165, 1.54) is 10.8 Å². The Kier molecular flexibility index (Phi) is 7.23. The highest BCUT2D eigenvalue weighted by molar-refractivity contribution is 6.24. The lowest BCUT2D eigenvalue weighted by molar-refractivity contribution is 0.669. The summed E-state index contributed by atoms with van der Waals surface area (Å²) in [5.41, 5.74) is 10.9. The first kappa shape index (κ1) is 32.5. The molecule has 12 rings (SSSR count). The number of aliphatic imine (C=N–C) groups is 2. The molecule has 5 nitrogen and oxygen atoms in total. The first-order valence-electron chi connectivity index (χ1n) is 19.6. The number of para-hydroxylation sites is 2. The van der Waals surface area contributed by atoms with Crippen molar-refractivity contribution in [3.05, 3.63) is 205 Å². The quantitative estimate of drug-likeness (QED) is 0.191. The summed E-state index contributed by atoms with van der Waals surface area (Å²) < 4.78 is 13.0. The molecule has 0 spiro atoms. The summed E-state index contributed by atoms with van der Waals surface area (Å²) in [7, 11) is 0. The van der Waals surface area contributed by atoms with Crippen LogP contribution in [0.5, 0.6) is 0 Å². The summed E-state index contributed by atoms with van der Waals surface area (Å²) in [6, 6.07) is 65.7. The fourth-order valence-corrected chi connectivity index (χ4v) is 8.88. The van der Waals surface area contributed by atoms with Crippen molar-refractivity contribution in [3.63, 3.8) is 0 Å². The van der Waals surface area contributed by atoms with E-state index in [-0.39, 0.29) is 0 Å². The van der Waals surface area contributed by atoms with Gasteiger partial charge in [0.15, 0.2) is 6.17 Å². The second kappa shape index (κ2) is 12.9. The number of fused-ring (bicyclic) bond motifs is 8. The van der Waals surface area contributed by atoms with Crippen LogP contribution in [0.4, 0.5) is 0 Å². The Hall–Kier alpha value is -7.76. The van der Waals surface area contributed by atoms with Crippen molar-refractivity contribution in [1.29, 1.82) is 0 Å². The zero-order valence-corrected chi connectivity index (χ0v) is 31.2. The zero-order chi connectivity index (χ0) is 38.2. The van der Waals surface area contributed by atoms with Gasteiger partial charge >= 0.3 is 0 Å². The molecule has 58 heavy (non-hydrogen) atoms. The molecule has 1 aliphatic heterocycles. The first-order valence-corrected chi connectivity index (χ1v) is 19.6. The van der Waals surface area contributed by atoms with Gasteiger partial charge in [-0.05, 0) is 62.5 Å². The van der Waals surface area contributed by atoms with E-state index >= 15 is 0 Å². The maximum Gasteiger partial charge on any atom is 0.170 e. The molecule has 1 N–H and O–H groups in total. The predicted molar refractivity (Wildman–Crippen MR) is 239 cm³/mol. The molecular weight excluding hydrogens is 711 g/mol. The molecule has 0 radical (unpaired) electrons. The Morgan fingerprint density at radius 3 is 1.90 bits per heavy atom. The maximum absolute atomic E-state index is 6.75. The number of benzene rings is 9. The Balaban J connectivity index is 1.03. The molecule has 0 amide bonds. The summed E-state index contributed by atoms with van der Waals surface area (Å²) in [5, 5.41) is 12.6. The predicted octanol–water partition coefficient (Wildman–Crippen LogP) is 13.6. The standard InChI is InChI=1S/C53H33N3O2/c1-2-14-33(15-3-1)51-54-52(56-53(55-51)44-23-12-25-46-49(44)42-19-8-9-24-45(42)57-46)41-30-29-39(37-17-6-7-18-38(37)41)40-21-11-26-47-48(40)43-22-10-20-36(50(43)58-47)35-28-27-32-13-4-5-16-34(32)31-35/h1-31,52H,(H,54,55,56). The minimum atomic E-state index is -0.506. The van der Waals surface area contributed by atoms with Crippen molar-refractivity contribution in [1.82, 2.24) is 5.32 Å². The van der Waals surface area contributed by atoms with E-state index in [9.17, 15) is 0 Å². The van der Waals surface area contributed by atoms with Gasteiger partial charge in [0.25, 0.3) is 0 Å². The molecule has 0 fully saturated rings. The van der Waals surface area contributed by atoms with Gasteiger partial charge < -0.3 is 14.2 Å². The summed E-state index contributed by atoms with van der Waals surface area (Å²) in [6.07, 6.45) is -0.506. The minimum absolute atomic E-state index is 0.506. The largest absolute Gasteiger partial charge is 0.456 e. The molecule has 0 saturated heterocycles. The highest BCUT2D eigenvalue weighted by Gasteiger charge is 2.26. The Labute approximate surface area is 333 Å². The van der Waals surface area contributed by atoms with Gasteiger partial charge in [-0.15, -0.1) is 0 Å². The van der Waals surface area contributed by atoms with Gasteiger partial charge in [-0.25, -0.2) is 9.98 Å². The maximum atomic E-state index is 6.75. The van der Waals surface area contributed by atoms with Gasteiger partial charge in [-0.3, -0.25) is 0 Å². The average molecular weight is 744 g/mol. The molecule has 5 heteroatoms.